The van der Waals surface area contributed by atoms with Crippen LogP contribution < -0.4 is 5.32 Å². The summed E-state index contributed by atoms with van der Waals surface area (Å²) in [4.78, 5) is 13.1. The fourth-order valence-corrected chi connectivity index (χ4v) is 2.19. The van der Waals surface area contributed by atoms with Crippen molar-refractivity contribution >= 4 is 5.91 Å². The van der Waals surface area contributed by atoms with Gasteiger partial charge in [0.05, 0.1) is 6.54 Å². The first-order valence-corrected chi connectivity index (χ1v) is 5.94. The summed E-state index contributed by atoms with van der Waals surface area (Å²) in [6.45, 7) is 5.06. The van der Waals surface area contributed by atoms with Crippen molar-refractivity contribution in [1.82, 2.24) is 10.2 Å². The monoisotopic (exact) mass is 212 g/mol. The van der Waals surface area contributed by atoms with Crippen LogP contribution in [0.3, 0.4) is 0 Å². The summed E-state index contributed by atoms with van der Waals surface area (Å²) in [6, 6.07) is 0.526. The highest BCUT2D eigenvalue weighted by Crippen LogP contribution is 2.28. The number of nitrogens with one attached hydrogen (secondary N) is 1. The Balaban J connectivity index is 2.33. The number of nitrogens with zero attached hydrogens (tertiary/aromatic N) is 1. The molecule has 0 aromatic rings. The third-order valence-corrected chi connectivity index (χ3v) is 3.47. The Kier molecular flexibility index (Phi) is 4.58. The fourth-order valence-electron chi connectivity index (χ4n) is 2.19. The third kappa shape index (κ3) is 3.82. The number of likely N-dealkylation sites (N-methyl/N-ethyl adjacent to an activating group) is 1. The third-order valence-electron chi connectivity index (χ3n) is 3.47. The zero-order valence-corrected chi connectivity index (χ0v) is 10.4. The van der Waals surface area contributed by atoms with E-state index in [2.05, 4.69) is 19.2 Å². The molecular formula is C12H24N2O. The minimum Gasteiger partial charge on any atom is -0.348 e. The van der Waals surface area contributed by atoms with Gasteiger partial charge in [0, 0.05) is 20.1 Å². The maximum Gasteiger partial charge on any atom is 0.236 e. The van der Waals surface area contributed by atoms with Crippen molar-refractivity contribution in [2.24, 2.45) is 11.8 Å². The van der Waals surface area contributed by atoms with E-state index in [1.165, 1.54) is 19.3 Å². The molecule has 0 spiro atoms. The van der Waals surface area contributed by atoms with Gasteiger partial charge in [-0.3, -0.25) is 4.79 Å². The first-order chi connectivity index (χ1) is 7.00. The smallest absolute Gasteiger partial charge is 0.236 e. The number of hydrogen-bond acceptors (Lipinski definition) is 2. The van der Waals surface area contributed by atoms with Gasteiger partial charge in [-0.2, -0.15) is 0 Å². The molecule has 0 saturated heterocycles. The normalized spacial score (nSPS) is 31.3. The molecule has 1 aliphatic rings. The fraction of sp³-hybridized carbons (Fsp3) is 0.917. The molecule has 1 amide bonds. The Hall–Kier alpha value is -0.570. The Morgan fingerprint density at radius 1 is 1.33 bits per heavy atom. The number of carbonyl (C=O) groups is 1. The molecule has 1 rings (SSSR count). The van der Waals surface area contributed by atoms with Gasteiger partial charge >= 0.3 is 0 Å². The minimum atomic E-state index is 0.167. The maximum atomic E-state index is 11.4. The lowest BCUT2D eigenvalue weighted by Crippen LogP contribution is -2.44. The van der Waals surface area contributed by atoms with E-state index < -0.39 is 0 Å². The molecule has 1 fully saturated rings. The molecule has 1 N–H and O–H groups in total. The largest absolute Gasteiger partial charge is 0.348 e. The Labute approximate surface area is 93.2 Å². The van der Waals surface area contributed by atoms with Gasteiger partial charge in [0.1, 0.15) is 0 Å². The van der Waals surface area contributed by atoms with Gasteiger partial charge in [-0.15, -0.1) is 0 Å². The van der Waals surface area contributed by atoms with E-state index in [0.717, 1.165) is 5.92 Å². The summed E-state index contributed by atoms with van der Waals surface area (Å²) < 4.78 is 0. The van der Waals surface area contributed by atoms with Crippen molar-refractivity contribution < 1.29 is 4.79 Å². The van der Waals surface area contributed by atoms with Crippen LogP contribution in [-0.4, -0.2) is 37.5 Å². The van der Waals surface area contributed by atoms with E-state index in [0.29, 0.717) is 18.5 Å². The van der Waals surface area contributed by atoms with Crippen LogP contribution in [0.25, 0.3) is 0 Å². The predicted octanol–water partition coefficient (Wildman–Crippen LogP) is 1.49. The highest BCUT2D eigenvalue weighted by molar-refractivity contribution is 5.77. The first-order valence-electron chi connectivity index (χ1n) is 5.94. The molecule has 3 heteroatoms. The molecule has 0 bridgehead atoms. The molecule has 3 nitrogen and oxygen atoms in total. The van der Waals surface area contributed by atoms with Crippen molar-refractivity contribution in [2.45, 2.75) is 39.2 Å². The summed E-state index contributed by atoms with van der Waals surface area (Å²) in [7, 11) is 3.61. The quantitative estimate of drug-likeness (QED) is 0.768. The van der Waals surface area contributed by atoms with Crippen LogP contribution in [0.2, 0.25) is 0 Å². The van der Waals surface area contributed by atoms with E-state index in [4.69, 9.17) is 0 Å². The number of amides is 1. The van der Waals surface area contributed by atoms with Gasteiger partial charge < -0.3 is 10.2 Å². The van der Waals surface area contributed by atoms with Gasteiger partial charge in [0.25, 0.3) is 0 Å². The highest BCUT2D eigenvalue weighted by atomic mass is 16.2. The zero-order chi connectivity index (χ0) is 11.4. The van der Waals surface area contributed by atoms with Crippen LogP contribution in [0.5, 0.6) is 0 Å². The Morgan fingerprint density at radius 3 is 2.60 bits per heavy atom. The first kappa shape index (κ1) is 12.5. The van der Waals surface area contributed by atoms with E-state index in [1.807, 2.05) is 0 Å². The standard InChI is InChI=1S/C12H24N2O/c1-9-5-6-10(2)11(7-9)13-8-12(15)14(3)4/h9-11,13H,5-8H2,1-4H3. The molecule has 0 aromatic carbocycles. The molecule has 0 aliphatic heterocycles. The highest BCUT2D eigenvalue weighted by Gasteiger charge is 2.25. The van der Waals surface area contributed by atoms with E-state index in [9.17, 15) is 4.79 Å². The molecule has 0 heterocycles. The van der Waals surface area contributed by atoms with Crippen LogP contribution in [-0.2, 0) is 4.79 Å². The Morgan fingerprint density at radius 2 is 2.00 bits per heavy atom. The summed E-state index contributed by atoms with van der Waals surface area (Å²) in [5.74, 6) is 1.67. The van der Waals surface area contributed by atoms with Crippen molar-refractivity contribution in [3.63, 3.8) is 0 Å². The van der Waals surface area contributed by atoms with Crippen molar-refractivity contribution in [3.05, 3.63) is 0 Å². The number of hydrogen-bond donors (Lipinski definition) is 1. The van der Waals surface area contributed by atoms with Crippen molar-refractivity contribution in [1.29, 1.82) is 0 Å². The summed E-state index contributed by atoms with van der Waals surface area (Å²) in [5.41, 5.74) is 0. The van der Waals surface area contributed by atoms with Gasteiger partial charge in [-0.25, -0.2) is 0 Å². The summed E-state index contributed by atoms with van der Waals surface area (Å²) >= 11 is 0. The summed E-state index contributed by atoms with van der Waals surface area (Å²) in [5, 5.41) is 3.39. The topological polar surface area (TPSA) is 32.3 Å². The van der Waals surface area contributed by atoms with Crippen LogP contribution in [0.1, 0.15) is 33.1 Å². The summed E-state index contributed by atoms with van der Waals surface area (Å²) in [6.07, 6.45) is 3.83. The second-order valence-corrected chi connectivity index (χ2v) is 5.17. The molecule has 3 unspecified atom stereocenters. The number of carbonyl (C=O) groups excluding carboxylic acids is 1. The molecule has 1 saturated carbocycles. The van der Waals surface area contributed by atoms with Crippen LogP contribution >= 0.6 is 0 Å². The second kappa shape index (κ2) is 5.50. The van der Waals surface area contributed by atoms with E-state index >= 15 is 0 Å². The molecule has 15 heavy (non-hydrogen) atoms. The van der Waals surface area contributed by atoms with E-state index in [1.54, 1.807) is 19.0 Å². The van der Waals surface area contributed by atoms with Gasteiger partial charge in [0.2, 0.25) is 5.91 Å². The van der Waals surface area contributed by atoms with Crippen LogP contribution in [0, 0.1) is 11.8 Å². The molecule has 0 aromatic heterocycles. The van der Waals surface area contributed by atoms with Gasteiger partial charge in [0.15, 0.2) is 0 Å². The second-order valence-electron chi connectivity index (χ2n) is 5.17. The molecule has 1 aliphatic carbocycles. The lowest BCUT2D eigenvalue weighted by atomic mass is 9.80. The average molecular weight is 212 g/mol. The van der Waals surface area contributed by atoms with Crippen LogP contribution in [0.4, 0.5) is 0 Å². The average Bonchev–Trinajstić information content (AvgIpc) is 2.18. The molecule has 0 radical (unpaired) electrons. The lowest BCUT2D eigenvalue weighted by Gasteiger charge is -2.33. The van der Waals surface area contributed by atoms with Gasteiger partial charge in [-0.1, -0.05) is 20.3 Å². The van der Waals surface area contributed by atoms with Crippen molar-refractivity contribution in [2.75, 3.05) is 20.6 Å². The SMILES string of the molecule is CC1CCC(C)C(NCC(=O)N(C)C)C1. The zero-order valence-electron chi connectivity index (χ0n) is 10.4. The molecule has 88 valence electrons. The maximum absolute atomic E-state index is 11.4. The van der Waals surface area contributed by atoms with Crippen molar-refractivity contribution in [3.8, 4) is 0 Å². The number of rotatable bonds is 3. The van der Waals surface area contributed by atoms with Crippen LogP contribution in [0.15, 0.2) is 0 Å². The lowest BCUT2D eigenvalue weighted by molar-refractivity contribution is -0.128. The van der Waals surface area contributed by atoms with Gasteiger partial charge in [-0.05, 0) is 24.7 Å². The Bertz CT molecular complexity index is 216. The molecular weight excluding hydrogens is 188 g/mol. The van der Waals surface area contributed by atoms with E-state index in [-0.39, 0.29) is 5.91 Å². The predicted molar refractivity (Wildman–Crippen MR) is 62.7 cm³/mol. The molecule has 3 atom stereocenters. The minimum absolute atomic E-state index is 0.167.